The SMILES string of the molecule is COC(=O)CCC(=O)c1ccc(OC)c(Cl)c1Cl. The fraction of sp³-hybridized carbons (Fsp3) is 0.333. The highest BCUT2D eigenvalue weighted by molar-refractivity contribution is 6.44. The van der Waals surface area contributed by atoms with Crippen molar-refractivity contribution in [1.82, 2.24) is 0 Å². The molecule has 0 bridgehead atoms. The second-order valence-corrected chi connectivity index (χ2v) is 4.20. The number of halogens is 2. The third kappa shape index (κ3) is 3.37. The van der Waals surface area contributed by atoms with Gasteiger partial charge in [0.15, 0.2) is 5.78 Å². The number of ketones is 1. The van der Waals surface area contributed by atoms with E-state index in [1.807, 2.05) is 0 Å². The van der Waals surface area contributed by atoms with Crippen LogP contribution in [-0.2, 0) is 9.53 Å². The molecule has 0 N–H and O–H groups in total. The minimum atomic E-state index is -0.445. The molecule has 0 radical (unpaired) electrons. The standard InChI is InChI=1S/C12H12Cl2O4/c1-17-9-5-3-7(11(13)12(9)14)8(15)4-6-10(16)18-2/h3,5H,4,6H2,1-2H3. The quantitative estimate of drug-likeness (QED) is 0.617. The first-order valence-corrected chi connectivity index (χ1v) is 5.88. The highest BCUT2D eigenvalue weighted by Crippen LogP contribution is 2.35. The maximum absolute atomic E-state index is 11.8. The Morgan fingerprint density at radius 2 is 1.78 bits per heavy atom. The number of carbonyl (C=O) groups excluding carboxylic acids is 2. The lowest BCUT2D eigenvalue weighted by Crippen LogP contribution is -2.06. The second kappa shape index (κ2) is 6.61. The van der Waals surface area contributed by atoms with E-state index in [9.17, 15) is 9.59 Å². The summed E-state index contributed by atoms with van der Waals surface area (Å²) in [4.78, 5) is 22.8. The highest BCUT2D eigenvalue weighted by Gasteiger charge is 2.17. The number of benzene rings is 1. The summed E-state index contributed by atoms with van der Waals surface area (Å²) in [7, 11) is 2.72. The molecule has 1 aromatic carbocycles. The van der Waals surface area contributed by atoms with E-state index in [0.717, 1.165) is 0 Å². The van der Waals surface area contributed by atoms with Crippen molar-refractivity contribution in [1.29, 1.82) is 0 Å². The van der Waals surface area contributed by atoms with Crippen LogP contribution < -0.4 is 4.74 Å². The van der Waals surface area contributed by atoms with Crippen molar-refractivity contribution in [2.75, 3.05) is 14.2 Å². The molecule has 0 aromatic heterocycles. The molecule has 0 saturated carbocycles. The molecule has 6 heteroatoms. The third-order valence-electron chi connectivity index (χ3n) is 2.35. The Bertz CT molecular complexity index is 471. The van der Waals surface area contributed by atoms with E-state index in [2.05, 4.69) is 4.74 Å². The van der Waals surface area contributed by atoms with Crippen LogP contribution in [0.4, 0.5) is 0 Å². The first-order valence-electron chi connectivity index (χ1n) is 5.13. The van der Waals surface area contributed by atoms with Gasteiger partial charge in [-0.2, -0.15) is 0 Å². The Labute approximate surface area is 115 Å². The molecule has 0 aliphatic heterocycles. The predicted molar refractivity (Wildman–Crippen MR) is 68.6 cm³/mol. The molecule has 0 atom stereocenters. The van der Waals surface area contributed by atoms with E-state index in [1.165, 1.54) is 20.3 Å². The van der Waals surface area contributed by atoms with Gasteiger partial charge >= 0.3 is 5.97 Å². The van der Waals surface area contributed by atoms with Gasteiger partial charge in [0.05, 0.1) is 25.7 Å². The van der Waals surface area contributed by atoms with E-state index >= 15 is 0 Å². The topological polar surface area (TPSA) is 52.6 Å². The van der Waals surface area contributed by atoms with Crippen LogP contribution in [0.5, 0.6) is 5.75 Å². The van der Waals surface area contributed by atoms with Gasteiger partial charge in [0.2, 0.25) is 0 Å². The van der Waals surface area contributed by atoms with Crippen molar-refractivity contribution in [3.63, 3.8) is 0 Å². The van der Waals surface area contributed by atoms with Gasteiger partial charge in [-0.3, -0.25) is 9.59 Å². The molecule has 1 aromatic rings. The summed E-state index contributed by atoms with van der Waals surface area (Å²) < 4.78 is 9.43. The molecule has 4 nitrogen and oxygen atoms in total. The van der Waals surface area contributed by atoms with Gasteiger partial charge in [0.1, 0.15) is 10.8 Å². The molecule has 0 aliphatic carbocycles. The number of Topliss-reactive ketones (excluding diaryl/α,β-unsaturated/α-hetero) is 1. The molecular weight excluding hydrogens is 279 g/mol. The first kappa shape index (κ1) is 14.8. The van der Waals surface area contributed by atoms with Gasteiger partial charge in [0.25, 0.3) is 0 Å². The summed E-state index contributed by atoms with van der Waals surface area (Å²) in [5.41, 5.74) is 0.270. The van der Waals surface area contributed by atoms with Crippen molar-refractivity contribution in [3.05, 3.63) is 27.7 Å². The Hall–Kier alpha value is -1.26. The van der Waals surface area contributed by atoms with E-state index in [0.29, 0.717) is 5.75 Å². The second-order valence-electron chi connectivity index (χ2n) is 3.44. The number of esters is 1. The summed E-state index contributed by atoms with van der Waals surface area (Å²) in [6.45, 7) is 0. The third-order valence-corrected chi connectivity index (χ3v) is 3.22. The van der Waals surface area contributed by atoms with Gasteiger partial charge in [-0.25, -0.2) is 0 Å². The summed E-state index contributed by atoms with van der Waals surface area (Å²) in [5.74, 6) is -0.319. The molecule has 0 spiro atoms. The van der Waals surface area contributed by atoms with Crippen LogP contribution in [0.3, 0.4) is 0 Å². The van der Waals surface area contributed by atoms with Gasteiger partial charge in [-0.15, -0.1) is 0 Å². The fourth-order valence-electron chi connectivity index (χ4n) is 1.36. The molecule has 0 amide bonds. The van der Waals surface area contributed by atoms with Crippen molar-refractivity contribution >= 4 is 35.0 Å². The molecule has 0 fully saturated rings. The summed E-state index contributed by atoms with van der Waals surface area (Å²) >= 11 is 11.9. The van der Waals surface area contributed by atoms with Crippen molar-refractivity contribution in [2.24, 2.45) is 0 Å². The van der Waals surface area contributed by atoms with Crippen LogP contribution >= 0.6 is 23.2 Å². The van der Waals surface area contributed by atoms with E-state index in [-0.39, 0.29) is 34.2 Å². The maximum atomic E-state index is 11.8. The smallest absolute Gasteiger partial charge is 0.305 e. The van der Waals surface area contributed by atoms with Crippen LogP contribution in [0.15, 0.2) is 12.1 Å². The zero-order chi connectivity index (χ0) is 13.7. The minimum Gasteiger partial charge on any atom is -0.495 e. The average Bonchev–Trinajstić information content (AvgIpc) is 2.38. The molecule has 0 unspecified atom stereocenters. The van der Waals surface area contributed by atoms with Crippen LogP contribution in [0, 0.1) is 0 Å². The molecular formula is C12H12Cl2O4. The monoisotopic (exact) mass is 290 g/mol. The van der Waals surface area contributed by atoms with Gasteiger partial charge in [-0.1, -0.05) is 23.2 Å². The number of hydrogen-bond acceptors (Lipinski definition) is 4. The van der Waals surface area contributed by atoms with Crippen molar-refractivity contribution in [2.45, 2.75) is 12.8 Å². The number of carbonyl (C=O) groups is 2. The number of hydrogen-bond donors (Lipinski definition) is 0. The van der Waals surface area contributed by atoms with Crippen LogP contribution in [0.25, 0.3) is 0 Å². The molecule has 18 heavy (non-hydrogen) atoms. The molecule has 1 rings (SSSR count). The van der Waals surface area contributed by atoms with Gasteiger partial charge < -0.3 is 9.47 Å². The fourth-order valence-corrected chi connectivity index (χ4v) is 1.86. The first-order chi connectivity index (χ1) is 8.51. The van der Waals surface area contributed by atoms with Gasteiger partial charge in [-0.05, 0) is 12.1 Å². The lowest BCUT2D eigenvalue weighted by atomic mass is 10.1. The number of methoxy groups -OCH3 is 2. The Morgan fingerprint density at radius 3 is 2.33 bits per heavy atom. The molecule has 0 aliphatic rings. The zero-order valence-electron chi connectivity index (χ0n) is 9.96. The highest BCUT2D eigenvalue weighted by atomic mass is 35.5. The largest absolute Gasteiger partial charge is 0.495 e. The minimum absolute atomic E-state index is 0.00924. The molecule has 0 saturated heterocycles. The Kier molecular flexibility index (Phi) is 5.44. The lowest BCUT2D eigenvalue weighted by molar-refractivity contribution is -0.140. The Morgan fingerprint density at radius 1 is 1.11 bits per heavy atom. The normalized spacial score (nSPS) is 10.0. The van der Waals surface area contributed by atoms with Crippen LogP contribution in [-0.4, -0.2) is 26.0 Å². The van der Waals surface area contributed by atoms with Gasteiger partial charge in [0, 0.05) is 12.0 Å². The predicted octanol–water partition coefficient (Wildman–Crippen LogP) is 3.14. The maximum Gasteiger partial charge on any atom is 0.305 e. The summed E-state index contributed by atoms with van der Waals surface area (Å²) in [6.07, 6.45) is 0.0321. The van der Waals surface area contributed by atoms with E-state index < -0.39 is 5.97 Å². The summed E-state index contributed by atoms with van der Waals surface area (Å²) in [5, 5.41) is 0.314. The number of ether oxygens (including phenoxy) is 2. The van der Waals surface area contributed by atoms with Crippen molar-refractivity contribution < 1.29 is 19.1 Å². The lowest BCUT2D eigenvalue weighted by Gasteiger charge is -2.08. The van der Waals surface area contributed by atoms with Crippen LogP contribution in [0.1, 0.15) is 23.2 Å². The van der Waals surface area contributed by atoms with Crippen LogP contribution in [0.2, 0.25) is 10.0 Å². The molecule has 98 valence electrons. The van der Waals surface area contributed by atoms with Crippen molar-refractivity contribution in [3.8, 4) is 5.75 Å². The number of rotatable bonds is 5. The Balaban J connectivity index is 2.87. The average molecular weight is 291 g/mol. The zero-order valence-corrected chi connectivity index (χ0v) is 11.5. The molecule has 0 heterocycles. The van der Waals surface area contributed by atoms with E-state index in [4.69, 9.17) is 27.9 Å². The van der Waals surface area contributed by atoms with E-state index in [1.54, 1.807) is 6.07 Å². The summed E-state index contributed by atoms with van der Waals surface area (Å²) in [6, 6.07) is 3.08.